The molecular weight excluding hydrogens is 433 g/mol. The first-order chi connectivity index (χ1) is 15.1. The minimum absolute atomic E-state index is 0.0888. The zero-order valence-corrected chi connectivity index (χ0v) is 17.9. The minimum Gasteiger partial charge on any atom is -0.323 e. The first kappa shape index (κ1) is 21.1. The number of nitrogens with one attached hydrogen (secondary N) is 2. The summed E-state index contributed by atoms with van der Waals surface area (Å²) in [5.41, 5.74) is 3.28. The third kappa shape index (κ3) is 5.30. The third-order valence-electron chi connectivity index (χ3n) is 4.70. The summed E-state index contributed by atoms with van der Waals surface area (Å²) in [4.78, 5) is 16.7. The van der Waals surface area contributed by atoms with Gasteiger partial charge in [-0.3, -0.25) is 10.1 Å². The van der Waals surface area contributed by atoms with Gasteiger partial charge in [0.15, 0.2) is 0 Å². The number of hydrogen-bond acceptors (Lipinski definition) is 4. The topological polar surface area (TPSA) is 71.8 Å². The molecular formula is C23H19Cl2N5O. The molecule has 0 spiro atoms. The van der Waals surface area contributed by atoms with Crippen molar-refractivity contribution in [2.24, 2.45) is 0 Å². The molecule has 0 unspecified atom stereocenters. The van der Waals surface area contributed by atoms with Crippen molar-refractivity contribution >= 4 is 34.8 Å². The van der Waals surface area contributed by atoms with Gasteiger partial charge in [-0.05, 0) is 41.5 Å². The number of carbonyl (C=O) groups excluding carboxylic acids is 1. The largest absolute Gasteiger partial charge is 0.323 e. The molecule has 1 amide bonds. The van der Waals surface area contributed by atoms with Gasteiger partial charge in [0.05, 0.1) is 24.0 Å². The molecule has 0 bridgehead atoms. The third-order valence-corrected chi connectivity index (χ3v) is 5.19. The van der Waals surface area contributed by atoms with E-state index in [1.54, 1.807) is 29.2 Å². The smallest absolute Gasteiger partial charge is 0.238 e. The van der Waals surface area contributed by atoms with Crippen LogP contribution < -0.4 is 10.6 Å². The maximum absolute atomic E-state index is 12.8. The molecule has 0 saturated carbocycles. The van der Waals surface area contributed by atoms with E-state index < -0.39 is 0 Å². The summed E-state index contributed by atoms with van der Waals surface area (Å²) in [5, 5.41) is 11.6. The Balaban J connectivity index is 1.51. The van der Waals surface area contributed by atoms with Crippen molar-refractivity contribution in [3.63, 3.8) is 0 Å². The summed E-state index contributed by atoms with van der Waals surface area (Å²) >= 11 is 12.2. The number of rotatable bonds is 7. The standard InChI is InChI=1S/C23H19Cl2N5O/c24-18-8-6-17(7-9-18)23(16-4-2-1-3-5-16)27-13-22(31)29-20-12-19(25)10-11-21(20)30-15-26-14-28-30/h1-12,14-15,23,27H,13H2,(H,29,31)/t23-/m1/s1. The van der Waals surface area contributed by atoms with E-state index in [1.807, 2.05) is 54.6 Å². The molecule has 156 valence electrons. The SMILES string of the molecule is O=C(CN[C@H](c1ccccc1)c1ccc(Cl)cc1)Nc1cc(Cl)ccc1-n1cncn1. The van der Waals surface area contributed by atoms with Crippen LogP contribution in [0.2, 0.25) is 10.0 Å². The van der Waals surface area contributed by atoms with E-state index in [-0.39, 0.29) is 18.5 Å². The second kappa shape index (κ2) is 9.75. The van der Waals surface area contributed by atoms with Gasteiger partial charge in [0.25, 0.3) is 0 Å². The van der Waals surface area contributed by atoms with Crippen LogP contribution in [0.3, 0.4) is 0 Å². The second-order valence-corrected chi connectivity index (χ2v) is 7.70. The number of amides is 1. The van der Waals surface area contributed by atoms with E-state index in [1.165, 1.54) is 6.33 Å². The summed E-state index contributed by atoms with van der Waals surface area (Å²) in [7, 11) is 0. The Kier molecular flexibility index (Phi) is 6.62. The van der Waals surface area contributed by atoms with Crippen LogP contribution in [0.15, 0.2) is 85.5 Å². The maximum Gasteiger partial charge on any atom is 0.238 e. The van der Waals surface area contributed by atoms with Gasteiger partial charge in [0.2, 0.25) is 5.91 Å². The lowest BCUT2D eigenvalue weighted by molar-refractivity contribution is -0.115. The lowest BCUT2D eigenvalue weighted by Crippen LogP contribution is -2.32. The Bertz CT molecular complexity index is 1150. The number of aromatic nitrogens is 3. The number of benzene rings is 3. The van der Waals surface area contributed by atoms with Crippen molar-refractivity contribution in [2.75, 3.05) is 11.9 Å². The Labute approximate surface area is 189 Å². The molecule has 0 radical (unpaired) electrons. The number of anilines is 1. The lowest BCUT2D eigenvalue weighted by atomic mass is 9.99. The van der Waals surface area contributed by atoms with E-state index in [0.29, 0.717) is 21.4 Å². The van der Waals surface area contributed by atoms with Crippen molar-refractivity contribution < 1.29 is 4.79 Å². The minimum atomic E-state index is -0.210. The van der Waals surface area contributed by atoms with Gasteiger partial charge in [-0.2, -0.15) is 5.10 Å². The van der Waals surface area contributed by atoms with Crippen molar-refractivity contribution in [3.8, 4) is 5.69 Å². The molecule has 3 aromatic carbocycles. The second-order valence-electron chi connectivity index (χ2n) is 6.83. The molecule has 4 rings (SSSR count). The Hall–Kier alpha value is -3.19. The molecule has 0 aliphatic heterocycles. The highest BCUT2D eigenvalue weighted by Gasteiger charge is 2.16. The van der Waals surface area contributed by atoms with Gasteiger partial charge in [-0.25, -0.2) is 9.67 Å². The predicted molar refractivity (Wildman–Crippen MR) is 123 cm³/mol. The maximum atomic E-state index is 12.8. The average Bonchev–Trinajstić information content (AvgIpc) is 3.31. The van der Waals surface area contributed by atoms with Crippen LogP contribution in [0.25, 0.3) is 5.69 Å². The molecule has 1 heterocycles. The van der Waals surface area contributed by atoms with Crippen LogP contribution in [0.4, 0.5) is 5.69 Å². The molecule has 2 N–H and O–H groups in total. The fourth-order valence-corrected chi connectivity index (χ4v) is 3.56. The highest BCUT2D eigenvalue weighted by atomic mass is 35.5. The van der Waals surface area contributed by atoms with E-state index >= 15 is 0 Å². The van der Waals surface area contributed by atoms with Crippen molar-refractivity contribution in [3.05, 3.63) is 107 Å². The Morgan fingerprint density at radius 3 is 2.35 bits per heavy atom. The van der Waals surface area contributed by atoms with Gasteiger partial charge in [0, 0.05) is 10.0 Å². The van der Waals surface area contributed by atoms with Crippen molar-refractivity contribution in [1.82, 2.24) is 20.1 Å². The number of halogens is 2. The van der Waals surface area contributed by atoms with Crippen LogP contribution in [-0.4, -0.2) is 27.2 Å². The molecule has 0 aliphatic rings. The molecule has 4 aromatic rings. The van der Waals surface area contributed by atoms with E-state index in [0.717, 1.165) is 11.1 Å². The fraction of sp³-hybridized carbons (Fsp3) is 0.0870. The number of hydrogen-bond donors (Lipinski definition) is 2. The quantitative estimate of drug-likeness (QED) is 0.419. The average molecular weight is 452 g/mol. The van der Waals surface area contributed by atoms with Crippen molar-refractivity contribution in [1.29, 1.82) is 0 Å². The first-order valence-electron chi connectivity index (χ1n) is 9.58. The van der Waals surface area contributed by atoms with Crippen LogP contribution in [-0.2, 0) is 4.79 Å². The van der Waals surface area contributed by atoms with Gasteiger partial charge >= 0.3 is 0 Å². The molecule has 8 heteroatoms. The van der Waals surface area contributed by atoms with Crippen molar-refractivity contribution in [2.45, 2.75) is 6.04 Å². The Morgan fingerprint density at radius 1 is 0.935 bits per heavy atom. The number of carbonyl (C=O) groups is 1. The summed E-state index contributed by atoms with van der Waals surface area (Å²) in [6.07, 6.45) is 2.99. The summed E-state index contributed by atoms with van der Waals surface area (Å²) in [6.45, 7) is 0.0888. The fourth-order valence-electron chi connectivity index (χ4n) is 3.26. The molecule has 6 nitrogen and oxygen atoms in total. The van der Waals surface area contributed by atoms with E-state index in [9.17, 15) is 4.79 Å². The van der Waals surface area contributed by atoms with Gasteiger partial charge in [-0.1, -0.05) is 65.7 Å². The zero-order chi connectivity index (χ0) is 21.6. The molecule has 0 saturated heterocycles. The molecule has 31 heavy (non-hydrogen) atoms. The molecule has 0 fully saturated rings. The number of nitrogens with zero attached hydrogens (tertiary/aromatic N) is 3. The summed E-state index contributed by atoms with van der Waals surface area (Å²) in [6, 6.07) is 22.5. The normalized spacial score (nSPS) is 11.8. The van der Waals surface area contributed by atoms with Crippen LogP contribution >= 0.6 is 23.2 Å². The van der Waals surface area contributed by atoms with Gasteiger partial charge in [0.1, 0.15) is 12.7 Å². The molecule has 0 aliphatic carbocycles. The lowest BCUT2D eigenvalue weighted by Gasteiger charge is -2.20. The van der Waals surface area contributed by atoms with Crippen LogP contribution in [0, 0.1) is 0 Å². The summed E-state index contributed by atoms with van der Waals surface area (Å²) in [5.74, 6) is -0.210. The Morgan fingerprint density at radius 2 is 1.65 bits per heavy atom. The monoisotopic (exact) mass is 451 g/mol. The first-order valence-corrected chi connectivity index (χ1v) is 10.3. The predicted octanol–water partition coefficient (Wildman–Crippen LogP) is 4.89. The van der Waals surface area contributed by atoms with Crippen LogP contribution in [0.1, 0.15) is 17.2 Å². The highest BCUT2D eigenvalue weighted by Crippen LogP contribution is 2.25. The zero-order valence-electron chi connectivity index (χ0n) is 16.4. The van der Waals surface area contributed by atoms with E-state index in [2.05, 4.69) is 20.7 Å². The van der Waals surface area contributed by atoms with Crippen LogP contribution in [0.5, 0.6) is 0 Å². The summed E-state index contributed by atoms with van der Waals surface area (Å²) < 4.78 is 1.57. The van der Waals surface area contributed by atoms with E-state index in [4.69, 9.17) is 23.2 Å². The highest BCUT2D eigenvalue weighted by molar-refractivity contribution is 6.31. The molecule has 1 atom stereocenters. The van der Waals surface area contributed by atoms with Gasteiger partial charge in [-0.15, -0.1) is 0 Å². The molecule has 1 aromatic heterocycles. The van der Waals surface area contributed by atoms with Gasteiger partial charge < -0.3 is 5.32 Å².